The van der Waals surface area contributed by atoms with Crippen molar-refractivity contribution in [3.8, 4) is 0 Å². The first-order valence-electron chi connectivity index (χ1n) is 6.89. The molecule has 7 heteroatoms. The van der Waals surface area contributed by atoms with Crippen LogP contribution < -0.4 is 17.0 Å². The van der Waals surface area contributed by atoms with Crippen LogP contribution in [0.15, 0.2) is 12.3 Å². The highest BCUT2D eigenvalue weighted by molar-refractivity contribution is 5.41. The molecule has 2 aromatic rings. The topological polar surface area (TPSA) is 99.7 Å². The van der Waals surface area contributed by atoms with Gasteiger partial charge in [-0.1, -0.05) is 6.92 Å². The van der Waals surface area contributed by atoms with E-state index in [-0.39, 0.29) is 6.04 Å². The summed E-state index contributed by atoms with van der Waals surface area (Å²) in [7, 11) is 1.82. The average Bonchev–Trinajstić information content (AvgIpc) is 3.01. The number of hydrogen-bond donors (Lipinski definition) is 3. The second kappa shape index (κ2) is 6.06. The average molecular weight is 277 g/mol. The van der Waals surface area contributed by atoms with Crippen molar-refractivity contribution in [3.05, 3.63) is 29.2 Å². The zero-order chi connectivity index (χ0) is 14.7. The molecule has 1 unspecified atom stereocenters. The smallest absolute Gasteiger partial charge is 0.126 e. The molecule has 0 aliphatic heterocycles. The monoisotopic (exact) mass is 277 g/mol. The number of nitrogens with two attached hydrogens (primary N) is 2. The Morgan fingerprint density at radius 2 is 2.15 bits per heavy atom. The summed E-state index contributed by atoms with van der Waals surface area (Å²) >= 11 is 0. The molecule has 0 saturated heterocycles. The van der Waals surface area contributed by atoms with Crippen molar-refractivity contribution in [2.75, 3.05) is 5.73 Å². The highest BCUT2D eigenvalue weighted by atomic mass is 15.3. The lowest BCUT2D eigenvalue weighted by Gasteiger charge is -2.16. The van der Waals surface area contributed by atoms with E-state index in [2.05, 4.69) is 35.5 Å². The van der Waals surface area contributed by atoms with Gasteiger partial charge in [0.05, 0.1) is 17.9 Å². The maximum Gasteiger partial charge on any atom is 0.126 e. The highest BCUT2D eigenvalue weighted by Gasteiger charge is 2.19. The Balaban J connectivity index is 2.26. The third-order valence-corrected chi connectivity index (χ3v) is 3.58. The van der Waals surface area contributed by atoms with Gasteiger partial charge in [-0.15, -0.1) is 0 Å². The SMILES string of the molecule is CCc1cc(CC(NN)c2cnn(C)c2N)n(CC)n1. The molecule has 2 aromatic heterocycles. The second-order valence-corrected chi connectivity index (χ2v) is 4.83. The summed E-state index contributed by atoms with van der Waals surface area (Å²) in [5.74, 6) is 6.32. The normalized spacial score (nSPS) is 12.8. The summed E-state index contributed by atoms with van der Waals surface area (Å²) in [6, 6.07) is 2.05. The molecule has 0 aliphatic rings. The van der Waals surface area contributed by atoms with E-state index in [0.29, 0.717) is 5.82 Å². The Labute approximate surface area is 118 Å². The maximum absolute atomic E-state index is 6.02. The van der Waals surface area contributed by atoms with Crippen LogP contribution in [0, 0.1) is 0 Å². The Kier molecular flexibility index (Phi) is 4.41. The predicted molar refractivity (Wildman–Crippen MR) is 78.7 cm³/mol. The third kappa shape index (κ3) is 2.68. The molecule has 2 heterocycles. The summed E-state index contributed by atoms with van der Waals surface area (Å²) in [5.41, 5.74) is 12.0. The lowest BCUT2D eigenvalue weighted by atomic mass is 10.0. The Bertz CT molecular complexity index is 569. The molecule has 0 fully saturated rings. The fourth-order valence-corrected chi connectivity index (χ4v) is 2.33. The molecular formula is C13H23N7. The maximum atomic E-state index is 6.02. The summed E-state index contributed by atoms with van der Waals surface area (Å²) in [6.07, 6.45) is 3.41. The van der Waals surface area contributed by atoms with Crippen molar-refractivity contribution >= 4 is 5.82 Å². The van der Waals surface area contributed by atoms with Crippen molar-refractivity contribution in [2.24, 2.45) is 12.9 Å². The fourth-order valence-electron chi connectivity index (χ4n) is 2.33. The molecule has 0 amide bonds. The molecule has 20 heavy (non-hydrogen) atoms. The van der Waals surface area contributed by atoms with Gasteiger partial charge in [0, 0.05) is 31.3 Å². The van der Waals surface area contributed by atoms with Gasteiger partial charge in [-0.3, -0.25) is 20.6 Å². The number of nitrogens with zero attached hydrogens (tertiary/aromatic N) is 4. The molecule has 0 bridgehead atoms. The third-order valence-electron chi connectivity index (χ3n) is 3.58. The van der Waals surface area contributed by atoms with E-state index in [9.17, 15) is 0 Å². The predicted octanol–water partition coefficient (Wildman–Crippen LogP) is 0.528. The van der Waals surface area contributed by atoms with E-state index in [4.69, 9.17) is 11.6 Å². The van der Waals surface area contributed by atoms with Gasteiger partial charge >= 0.3 is 0 Å². The van der Waals surface area contributed by atoms with E-state index in [1.54, 1.807) is 10.9 Å². The largest absolute Gasteiger partial charge is 0.384 e. The standard InChI is InChI=1S/C13H23N7/c1-4-9-6-10(20(5-2)18-9)7-12(17-15)11-8-16-19(3)13(11)14/h6,8,12,17H,4-5,7,14-15H2,1-3H3. The van der Waals surface area contributed by atoms with Crippen molar-refractivity contribution in [3.63, 3.8) is 0 Å². The highest BCUT2D eigenvalue weighted by Crippen LogP contribution is 2.23. The van der Waals surface area contributed by atoms with E-state index in [1.165, 1.54) is 0 Å². The van der Waals surface area contributed by atoms with Crippen LogP contribution in [-0.4, -0.2) is 19.6 Å². The van der Waals surface area contributed by atoms with Crippen LogP contribution >= 0.6 is 0 Å². The van der Waals surface area contributed by atoms with Crippen molar-refractivity contribution in [1.82, 2.24) is 25.0 Å². The van der Waals surface area contributed by atoms with E-state index in [1.807, 2.05) is 11.7 Å². The van der Waals surface area contributed by atoms with Crippen LogP contribution in [-0.2, 0) is 26.4 Å². The molecule has 0 spiro atoms. The zero-order valence-corrected chi connectivity index (χ0v) is 12.3. The Morgan fingerprint density at radius 3 is 2.65 bits per heavy atom. The van der Waals surface area contributed by atoms with Crippen molar-refractivity contribution in [2.45, 2.75) is 39.3 Å². The molecule has 2 rings (SSSR count). The minimum absolute atomic E-state index is 0.0737. The van der Waals surface area contributed by atoms with Crippen LogP contribution in [0.5, 0.6) is 0 Å². The molecule has 7 nitrogen and oxygen atoms in total. The van der Waals surface area contributed by atoms with Crippen LogP contribution in [0.2, 0.25) is 0 Å². The second-order valence-electron chi connectivity index (χ2n) is 4.83. The summed E-state index contributed by atoms with van der Waals surface area (Å²) < 4.78 is 3.66. The molecule has 5 N–H and O–H groups in total. The van der Waals surface area contributed by atoms with Gasteiger partial charge in [-0.2, -0.15) is 10.2 Å². The first-order chi connectivity index (χ1) is 9.60. The molecule has 0 aliphatic carbocycles. The van der Waals surface area contributed by atoms with Gasteiger partial charge in [-0.05, 0) is 19.4 Å². The molecule has 0 saturated carbocycles. The lowest BCUT2D eigenvalue weighted by molar-refractivity contribution is 0.517. The number of hydrogen-bond acceptors (Lipinski definition) is 5. The Hall–Kier alpha value is -1.86. The summed E-state index contributed by atoms with van der Waals surface area (Å²) in [6.45, 7) is 5.03. The first-order valence-corrected chi connectivity index (χ1v) is 6.89. The fraction of sp³-hybridized carbons (Fsp3) is 0.538. The summed E-state index contributed by atoms with van der Waals surface area (Å²) in [5, 5.41) is 8.72. The summed E-state index contributed by atoms with van der Waals surface area (Å²) in [4.78, 5) is 0. The van der Waals surface area contributed by atoms with Gasteiger partial charge in [0.2, 0.25) is 0 Å². The van der Waals surface area contributed by atoms with Crippen molar-refractivity contribution < 1.29 is 0 Å². The molecule has 110 valence electrons. The quantitative estimate of drug-likeness (QED) is 0.528. The first kappa shape index (κ1) is 14.5. The number of aryl methyl sites for hydroxylation is 3. The van der Waals surface area contributed by atoms with E-state index >= 15 is 0 Å². The van der Waals surface area contributed by atoms with Crippen LogP contribution in [0.25, 0.3) is 0 Å². The number of nitrogen functional groups attached to an aromatic ring is 1. The van der Waals surface area contributed by atoms with Crippen molar-refractivity contribution in [1.29, 1.82) is 0 Å². The minimum Gasteiger partial charge on any atom is -0.384 e. The minimum atomic E-state index is -0.0737. The lowest BCUT2D eigenvalue weighted by Crippen LogP contribution is -2.30. The van der Waals surface area contributed by atoms with Crippen LogP contribution in [0.4, 0.5) is 5.82 Å². The number of rotatable bonds is 6. The number of aromatic nitrogens is 4. The van der Waals surface area contributed by atoms with Crippen LogP contribution in [0.1, 0.15) is 36.8 Å². The van der Waals surface area contributed by atoms with Gasteiger partial charge < -0.3 is 5.73 Å². The van der Waals surface area contributed by atoms with Gasteiger partial charge in [0.25, 0.3) is 0 Å². The molecule has 0 aromatic carbocycles. The van der Waals surface area contributed by atoms with Gasteiger partial charge in [-0.25, -0.2) is 0 Å². The van der Waals surface area contributed by atoms with E-state index in [0.717, 1.165) is 36.3 Å². The number of nitrogens with one attached hydrogen (secondary N) is 1. The zero-order valence-electron chi connectivity index (χ0n) is 12.3. The Morgan fingerprint density at radius 1 is 1.40 bits per heavy atom. The van der Waals surface area contributed by atoms with Gasteiger partial charge in [0.15, 0.2) is 0 Å². The van der Waals surface area contributed by atoms with Crippen LogP contribution in [0.3, 0.4) is 0 Å². The van der Waals surface area contributed by atoms with E-state index < -0.39 is 0 Å². The number of hydrazine groups is 1. The molecule has 1 atom stereocenters. The molecule has 0 radical (unpaired) electrons. The van der Waals surface area contributed by atoms with Gasteiger partial charge in [0.1, 0.15) is 5.82 Å². The number of anilines is 1. The molecular weight excluding hydrogens is 254 g/mol.